The third-order valence-electron chi connectivity index (χ3n) is 6.30. The molecule has 4 rings (SSSR count). The van der Waals surface area contributed by atoms with Gasteiger partial charge in [0, 0.05) is 23.6 Å². The zero-order valence-electron chi connectivity index (χ0n) is 21.7. The van der Waals surface area contributed by atoms with Crippen molar-refractivity contribution >= 4 is 23.4 Å². The van der Waals surface area contributed by atoms with Crippen molar-refractivity contribution in [1.29, 1.82) is 0 Å². The summed E-state index contributed by atoms with van der Waals surface area (Å²) in [7, 11) is 1.60. The quantitative estimate of drug-likeness (QED) is 0.155. The Morgan fingerprint density at radius 1 is 1.03 bits per heavy atom. The Bertz CT molecular complexity index is 1360. The Morgan fingerprint density at radius 2 is 1.62 bits per heavy atom. The van der Waals surface area contributed by atoms with Crippen molar-refractivity contribution < 1.29 is 19.1 Å². The summed E-state index contributed by atoms with van der Waals surface area (Å²) in [5.74, 6) is -0.485. The van der Waals surface area contributed by atoms with E-state index in [1.807, 2.05) is 24.3 Å². The number of carbonyl (C=O) groups excluding carboxylic acids is 2. The summed E-state index contributed by atoms with van der Waals surface area (Å²) >= 11 is 0. The van der Waals surface area contributed by atoms with Crippen molar-refractivity contribution in [2.75, 3.05) is 18.6 Å². The number of hydrogen-bond donors (Lipinski definition) is 0. The minimum Gasteiger partial charge on any atom is -0.460 e. The molecule has 1 amide bonds. The van der Waals surface area contributed by atoms with Crippen LogP contribution in [-0.4, -0.2) is 31.3 Å². The van der Waals surface area contributed by atoms with E-state index >= 15 is 0 Å². The molecule has 0 saturated carbocycles. The third-order valence-corrected chi connectivity index (χ3v) is 6.30. The Balaban J connectivity index is 1.56. The number of esters is 1. The minimum atomic E-state index is -0.629. The first kappa shape index (κ1) is 25.8. The zero-order chi connectivity index (χ0) is 26.7. The van der Waals surface area contributed by atoms with Crippen molar-refractivity contribution in [3.05, 3.63) is 93.4 Å². The smallest absolute Gasteiger partial charge is 0.414 e. The molecule has 190 valence electrons. The molecular weight excluding hydrogens is 468 g/mol. The van der Waals surface area contributed by atoms with Crippen LogP contribution in [0.1, 0.15) is 48.9 Å². The van der Waals surface area contributed by atoms with E-state index in [1.165, 1.54) is 4.90 Å². The van der Waals surface area contributed by atoms with Gasteiger partial charge in [0.2, 0.25) is 0 Å². The van der Waals surface area contributed by atoms with Crippen molar-refractivity contribution in [2.24, 2.45) is 5.11 Å². The first-order chi connectivity index (χ1) is 17.6. The Kier molecular flexibility index (Phi) is 7.23. The molecule has 8 heteroatoms. The number of ether oxygens (including phenoxy) is 2. The van der Waals surface area contributed by atoms with Crippen molar-refractivity contribution in [3.8, 4) is 11.1 Å². The SMILES string of the molecule is Cc1c(N=[N+]=[N-])cc(CC(=O)OC(C)(C)C)cc1N(C)C(=O)OCC1c2ccccc2-c2ccccc21. The Labute approximate surface area is 216 Å². The van der Waals surface area contributed by atoms with Crippen LogP contribution >= 0.6 is 0 Å². The third kappa shape index (κ3) is 5.60. The summed E-state index contributed by atoms with van der Waals surface area (Å²) in [5, 5.41) is 3.76. The van der Waals surface area contributed by atoms with E-state index in [1.54, 1.807) is 46.9 Å². The first-order valence-corrected chi connectivity index (χ1v) is 12.1. The molecule has 0 heterocycles. The Hall–Kier alpha value is -4.29. The molecule has 0 radical (unpaired) electrons. The number of amides is 1. The van der Waals surface area contributed by atoms with Crippen LogP contribution in [0.4, 0.5) is 16.2 Å². The molecule has 1 aliphatic rings. The van der Waals surface area contributed by atoms with Gasteiger partial charge >= 0.3 is 12.1 Å². The van der Waals surface area contributed by atoms with Crippen LogP contribution < -0.4 is 4.90 Å². The van der Waals surface area contributed by atoms with Crippen LogP contribution in [0.2, 0.25) is 0 Å². The van der Waals surface area contributed by atoms with E-state index in [0.717, 1.165) is 22.3 Å². The molecule has 0 bridgehead atoms. The minimum absolute atomic E-state index is 0.0307. The van der Waals surface area contributed by atoms with Crippen LogP contribution in [0.25, 0.3) is 21.6 Å². The van der Waals surface area contributed by atoms with E-state index < -0.39 is 17.7 Å². The van der Waals surface area contributed by atoms with Crippen molar-refractivity contribution in [2.45, 2.75) is 45.6 Å². The van der Waals surface area contributed by atoms with Gasteiger partial charge in [-0.2, -0.15) is 0 Å². The van der Waals surface area contributed by atoms with Gasteiger partial charge in [-0.25, -0.2) is 4.79 Å². The molecule has 0 atom stereocenters. The second-order valence-corrected chi connectivity index (χ2v) is 10.1. The summed E-state index contributed by atoms with van der Waals surface area (Å²) in [6.07, 6.45) is -0.580. The summed E-state index contributed by atoms with van der Waals surface area (Å²) < 4.78 is 11.2. The molecule has 0 unspecified atom stereocenters. The molecule has 0 aliphatic heterocycles. The van der Waals surface area contributed by atoms with Gasteiger partial charge in [-0.05, 0) is 78.7 Å². The molecular formula is C29H30N4O4. The number of hydrogen-bond acceptors (Lipinski definition) is 5. The topological polar surface area (TPSA) is 105 Å². The van der Waals surface area contributed by atoms with Crippen LogP contribution in [0, 0.1) is 6.92 Å². The molecule has 0 N–H and O–H groups in total. The number of carbonyl (C=O) groups is 2. The van der Waals surface area contributed by atoms with E-state index in [-0.39, 0.29) is 18.9 Å². The average molecular weight is 499 g/mol. The highest BCUT2D eigenvalue weighted by atomic mass is 16.6. The van der Waals surface area contributed by atoms with Gasteiger partial charge in [0.05, 0.1) is 12.1 Å². The fourth-order valence-corrected chi connectivity index (χ4v) is 4.68. The van der Waals surface area contributed by atoms with Gasteiger partial charge in [0.1, 0.15) is 12.2 Å². The molecule has 37 heavy (non-hydrogen) atoms. The molecule has 3 aromatic carbocycles. The van der Waals surface area contributed by atoms with E-state index in [9.17, 15) is 9.59 Å². The van der Waals surface area contributed by atoms with Crippen LogP contribution in [0.3, 0.4) is 0 Å². The van der Waals surface area contributed by atoms with Crippen LogP contribution in [0.5, 0.6) is 0 Å². The lowest BCUT2D eigenvalue weighted by Crippen LogP contribution is -2.29. The summed E-state index contributed by atoms with van der Waals surface area (Å²) in [4.78, 5) is 29.9. The zero-order valence-corrected chi connectivity index (χ0v) is 21.7. The predicted molar refractivity (Wildman–Crippen MR) is 143 cm³/mol. The van der Waals surface area contributed by atoms with Crippen LogP contribution in [-0.2, 0) is 20.7 Å². The summed E-state index contributed by atoms with van der Waals surface area (Å²) in [5.41, 5.74) is 14.9. The van der Waals surface area contributed by atoms with Crippen molar-refractivity contribution in [1.82, 2.24) is 0 Å². The molecule has 0 spiro atoms. The molecule has 0 aromatic heterocycles. The number of nitrogens with zero attached hydrogens (tertiary/aromatic N) is 4. The van der Waals surface area contributed by atoms with Gasteiger partial charge in [-0.3, -0.25) is 9.69 Å². The second-order valence-electron chi connectivity index (χ2n) is 10.1. The lowest BCUT2D eigenvalue weighted by atomic mass is 9.98. The molecule has 3 aromatic rings. The number of azide groups is 1. The highest BCUT2D eigenvalue weighted by molar-refractivity contribution is 5.90. The maximum atomic E-state index is 13.2. The molecule has 8 nitrogen and oxygen atoms in total. The average Bonchev–Trinajstić information content (AvgIpc) is 3.16. The highest BCUT2D eigenvalue weighted by Crippen LogP contribution is 2.44. The van der Waals surface area contributed by atoms with Gasteiger partial charge in [0.25, 0.3) is 0 Å². The molecule has 0 saturated heterocycles. The molecule has 0 fully saturated rings. The number of anilines is 1. The highest BCUT2D eigenvalue weighted by Gasteiger charge is 2.30. The fourth-order valence-electron chi connectivity index (χ4n) is 4.68. The second kappa shape index (κ2) is 10.4. The summed E-state index contributed by atoms with van der Waals surface area (Å²) in [6, 6.07) is 19.6. The van der Waals surface area contributed by atoms with Gasteiger partial charge < -0.3 is 9.47 Å². The normalized spacial score (nSPS) is 12.2. The van der Waals surface area contributed by atoms with E-state index in [2.05, 4.69) is 34.3 Å². The van der Waals surface area contributed by atoms with Gasteiger partial charge in [0.15, 0.2) is 0 Å². The maximum Gasteiger partial charge on any atom is 0.414 e. The first-order valence-electron chi connectivity index (χ1n) is 12.1. The number of rotatable bonds is 6. The van der Waals surface area contributed by atoms with Gasteiger partial charge in [-0.1, -0.05) is 53.6 Å². The molecule has 1 aliphatic carbocycles. The number of benzene rings is 3. The lowest BCUT2D eigenvalue weighted by Gasteiger charge is -2.23. The monoisotopic (exact) mass is 498 g/mol. The lowest BCUT2D eigenvalue weighted by molar-refractivity contribution is -0.153. The predicted octanol–water partition coefficient (Wildman–Crippen LogP) is 7.21. The fraction of sp³-hybridized carbons (Fsp3) is 0.310. The van der Waals surface area contributed by atoms with Crippen molar-refractivity contribution in [3.63, 3.8) is 0 Å². The van der Waals surface area contributed by atoms with Crippen LogP contribution in [0.15, 0.2) is 65.8 Å². The number of fused-ring (bicyclic) bond motifs is 3. The summed E-state index contributed by atoms with van der Waals surface area (Å²) in [6.45, 7) is 7.31. The van der Waals surface area contributed by atoms with E-state index in [0.29, 0.717) is 22.5 Å². The Morgan fingerprint density at radius 3 is 2.19 bits per heavy atom. The van der Waals surface area contributed by atoms with E-state index in [4.69, 9.17) is 15.0 Å². The van der Waals surface area contributed by atoms with Gasteiger partial charge in [-0.15, -0.1) is 0 Å². The standard InChI is InChI=1S/C29H30N4O4/c1-18-25(31-32-30)14-19(16-27(34)37-29(2,3)4)15-26(18)33(5)28(35)36-17-24-22-12-8-6-10-20(22)21-11-7-9-13-23(21)24/h6-15,24H,16-17H2,1-5H3. The maximum absolute atomic E-state index is 13.2. The largest absolute Gasteiger partial charge is 0.460 e.